The number of halogens is 3. The molecule has 11 heteroatoms. The van der Waals surface area contributed by atoms with Gasteiger partial charge in [-0.25, -0.2) is 13.9 Å². The number of carbonyl (C=O) groups is 1. The van der Waals surface area contributed by atoms with Crippen LogP contribution in [0.5, 0.6) is 0 Å². The van der Waals surface area contributed by atoms with Crippen LogP contribution >= 0.6 is 0 Å². The van der Waals surface area contributed by atoms with Crippen molar-refractivity contribution in [1.29, 1.82) is 0 Å². The number of alkyl halides is 3. The van der Waals surface area contributed by atoms with Crippen molar-refractivity contribution >= 4 is 22.6 Å². The summed E-state index contributed by atoms with van der Waals surface area (Å²) in [4.78, 5) is 39.6. The molecule has 1 N–H and O–H groups in total. The normalized spacial score (nSPS) is 12.2. The van der Waals surface area contributed by atoms with Gasteiger partial charge in [-0.3, -0.25) is 14.2 Å². The number of nitrogens with one attached hydrogen (secondary N) is 1. The first-order valence-corrected chi connectivity index (χ1v) is 12.0. The first-order chi connectivity index (χ1) is 17.4. The fourth-order valence-electron chi connectivity index (χ4n) is 4.11. The van der Waals surface area contributed by atoms with Crippen LogP contribution in [-0.2, 0) is 19.3 Å². The van der Waals surface area contributed by atoms with E-state index >= 15 is 0 Å². The van der Waals surface area contributed by atoms with Crippen molar-refractivity contribution < 1.29 is 18.0 Å². The molecule has 0 aliphatic rings. The predicted molar refractivity (Wildman–Crippen MR) is 134 cm³/mol. The van der Waals surface area contributed by atoms with E-state index < -0.39 is 17.4 Å². The van der Waals surface area contributed by atoms with Gasteiger partial charge in [0.25, 0.3) is 11.5 Å². The second-order valence-corrected chi connectivity index (χ2v) is 9.92. The molecule has 2 heterocycles. The molecule has 0 radical (unpaired) electrons. The van der Waals surface area contributed by atoms with Crippen molar-refractivity contribution in [2.45, 2.75) is 47.0 Å². The highest BCUT2D eigenvalue weighted by Crippen LogP contribution is 2.29. The number of carbonyl (C=O) groups excluding carboxylic acids is 1. The molecule has 1 amide bonds. The zero-order valence-corrected chi connectivity index (χ0v) is 21.0. The van der Waals surface area contributed by atoms with Crippen LogP contribution in [0.1, 0.15) is 49.2 Å². The molecule has 0 saturated carbocycles. The number of amides is 1. The van der Waals surface area contributed by atoms with Crippen LogP contribution in [0.15, 0.2) is 52.1 Å². The van der Waals surface area contributed by atoms with Crippen LogP contribution in [0, 0.1) is 11.8 Å². The molecule has 0 atom stereocenters. The van der Waals surface area contributed by atoms with E-state index in [1.165, 1.54) is 39.3 Å². The lowest BCUT2D eigenvalue weighted by Gasteiger charge is -2.13. The predicted octanol–water partition coefficient (Wildman–Crippen LogP) is 3.92. The highest BCUT2D eigenvalue weighted by atomic mass is 19.4. The summed E-state index contributed by atoms with van der Waals surface area (Å²) < 4.78 is 43.2. The number of nitrogens with zero attached hydrogens (tertiary/aromatic N) is 4. The van der Waals surface area contributed by atoms with Gasteiger partial charge in [0.05, 0.1) is 23.0 Å². The minimum absolute atomic E-state index is 0.0451. The van der Waals surface area contributed by atoms with Gasteiger partial charge in [0.15, 0.2) is 0 Å². The van der Waals surface area contributed by atoms with Crippen molar-refractivity contribution in [3.63, 3.8) is 0 Å². The third-order valence-corrected chi connectivity index (χ3v) is 5.85. The summed E-state index contributed by atoms with van der Waals surface area (Å²) in [7, 11) is 0. The molecule has 2 aromatic carbocycles. The molecule has 37 heavy (non-hydrogen) atoms. The zero-order valence-electron chi connectivity index (χ0n) is 21.0. The van der Waals surface area contributed by atoms with Crippen LogP contribution in [-0.4, -0.2) is 31.2 Å². The van der Waals surface area contributed by atoms with E-state index in [1.54, 1.807) is 0 Å². The van der Waals surface area contributed by atoms with Crippen LogP contribution in [0.4, 0.5) is 13.2 Å². The van der Waals surface area contributed by atoms with Gasteiger partial charge in [-0.15, -0.1) is 5.10 Å². The molecule has 0 bridgehead atoms. The first kappa shape index (κ1) is 26.2. The lowest BCUT2D eigenvalue weighted by molar-refractivity contribution is -0.137. The molecule has 0 aliphatic heterocycles. The number of fused-ring (bicyclic) bond motifs is 3. The van der Waals surface area contributed by atoms with Gasteiger partial charge in [0.2, 0.25) is 5.78 Å². The fourth-order valence-corrected chi connectivity index (χ4v) is 4.11. The fraction of sp³-hybridized carbons (Fsp3) is 0.385. The van der Waals surface area contributed by atoms with Gasteiger partial charge in [-0.1, -0.05) is 39.8 Å². The van der Waals surface area contributed by atoms with Gasteiger partial charge >= 0.3 is 11.9 Å². The Morgan fingerprint density at radius 3 is 2.41 bits per heavy atom. The summed E-state index contributed by atoms with van der Waals surface area (Å²) in [6, 6.07) is 9.17. The average Bonchev–Trinajstić information content (AvgIpc) is 3.15. The average molecular weight is 516 g/mol. The topological polar surface area (TPSA) is 90.4 Å². The Morgan fingerprint density at radius 2 is 1.76 bits per heavy atom. The summed E-state index contributed by atoms with van der Waals surface area (Å²) in [6.07, 6.45) is -4.53. The minimum atomic E-state index is -4.53. The molecule has 2 aromatic heterocycles. The third-order valence-electron chi connectivity index (χ3n) is 5.85. The molecule has 196 valence electrons. The summed E-state index contributed by atoms with van der Waals surface area (Å²) >= 11 is 0. The molecule has 0 spiro atoms. The van der Waals surface area contributed by atoms with Crippen LogP contribution in [0.3, 0.4) is 0 Å². The summed E-state index contributed by atoms with van der Waals surface area (Å²) in [5.41, 5.74) is -1.13. The number of benzene rings is 2. The largest absolute Gasteiger partial charge is 0.416 e. The standard InChI is InChI=1S/C26H28F3N5O3/c1-15(2)12-30-22(35)18-8-9-20-21(11-18)34-24(32(23(20)36)13-16(3)4)31-33(25(34)37)14-17-6-5-7-19(10-17)26(27,28)29/h5-11,15-16H,12-14H2,1-4H3,(H,30,35). The Bertz CT molecular complexity index is 1600. The number of aromatic nitrogens is 4. The van der Waals surface area contributed by atoms with Crippen molar-refractivity contribution in [3.8, 4) is 0 Å². The minimum Gasteiger partial charge on any atom is -0.352 e. The third kappa shape index (κ3) is 5.30. The van der Waals surface area contributed by atoms with Crippen LogP contribution in [0.2, 0.25) is 0 Å². The maximum absolute atomic E-state index is 13.5. The first-order valence-electron chi connectivity index (χ1n) is 12.0. The van der Waals surface area contributed by atoms with Gasteiger partial charge in [0.1, 0.15) is 0 Å². The second-order valence-electron chi connectivity index (χ2n) is 9.92. The van der Waals surface area contributed by atoms with Crippen LogP contribution in [0.25, 0.3) is 16.7 Å². The number of hydrogen-bond acceptors (Lipinski definition) is 4. The molecule has 0 unspecified atom stereocenters. The molecule has 0 aliphatic carbocycles. The highest BCUT2D eigenvalue weighted by Gasteiger charge is 2.30. The Hall–Kier alpha value is -3.89. The molecule has 4 aromatic rings. The summed E-state index contributed by atoms with van der Waals surface area (Å²) in [5, 5.41) is 7.39. The van der Waals surface area contributed by atoms with Crippen molar-refractivity contribution in [3.05, 3.63) is 80.0 Å². The van der Waals surface area contributed by atoms with E-state index in [4.69, 9.17) is 0 Å². The van der Waals surface area contributed by atoms with E-state index in [0.29, 0.717) is 6.54 Å². The smallest absolute Gasteiger partial charge is 0.352 e. The van der Waals surface area contributed by atoms with E-state index in [1.807, 2.05) is 27.7 Å². The highest BCUT2D eigenvalue weighted by molar-refractivity contribution is 5.98. The lowest BCUT2D eigenvalue weighted by atomic mass is 10.1. The SMILES string of the molecule is CC(C)CNC(=O)c1ccc2c(=O)n(CC(C)C)c3nn(Cc4cccc(C(F)(F)F)c4)c(=O)n3c2c1. The zero-order chi connectivity index (χ0) is 27.1. The monoisotopic (exact) mass is 515 g/mol. The van der Waals surface area contributed by atoms with E-state index in [9.17, 15) is 27.6 Å². The Morgan fingerprint density at radius 1 is 1.03 bits per heavy atom. The Labute approximate surface area is 210 Å². The summed E-state index contributed by atoms with van der Waals surface area (Å²) in [6.45, 7) is 8.24. The lowest BCUT2D eigenvalue weighted by Crippen LogP contribution is -2.29. The van der Waals surface area contributed by atoms with E-state index in [-0.39, 0.29) is 64.2 Å². The molecule has 4 rings (SSSR count). The number of hydrogen-bond donors (Lipinski definition) is 1. The molecular formula is C26H28F3N5O3. The van der Waals surface area contributed by atoms with E-state index in [2.05, 4.69) is 10.4 Å². The molecule has 0 fully saturated rings. The van der Waals surface area contributed by atoms with Crippen molar-refractivity contribution in [1.82, 2.24) is 24.1 Å². The van der Waals surface area contributed by atoms with E-state index in [0.717, 1.165) is 16.8 Å². The Kier molecular flexibility index (Phi) is 6.98. The molecule has 0 saturated heterocycles. The van der Waals surface area contributed by atoms with Crippen LogP contribution < -0.4 is 16.6 Å². The van der Waals surface area contributed by atoms with Crippen molar-refractivity contribution in [2.75, 3.05) is 6.54 Å². The second kappa shape index (κ2) is 9.87. The van der Waals surface area contributed by atoms with Gasteiger partial charge in [-0.05, 0) is 47.7 Å². The van der Waals surface area contributed by atoms with Gasteiger partial charge < -0.3 is 5.32 Å². The summed E-state index contributed by atoms with van der Waals surface area (Å²) in [5.74, 6) is -0.0118. The maximum Gasteiger partial charge on any atom is 0.416 e. The number of rotatable bonds is 7. The van der Waals surface area contributed by atoms with Crippen molar-refractivity contribution in [2.24, 2.45) is 11.8 Å². The Balaban J connectivity index is 1.91. The molecular weight excluding hydrogens is 487 g/mol. The maximum atomic E-state index is 13.5. The quantitative estimate of drug-likeness (QED) is 0.404. The van der Waals surface area contributed by atoms with Gasteiger partial charge in [0, 0.05) is 18.7 Å². The van der Waals surface area contributed by atoms with Gasteiger partial charge in [-0.2, -0.15) is 13.2 Å². The molecule has 8 nitrogen and oxygen atoms in total.